The van der Waals surface area contributed by atoms with Crippen molar-refractivity contribution in [3.8, 4) is 11.5 Å². The molecule has 0 saturated carbocycles. The first-order valence-electron chi connectivity index (χ1n) is 9.45. The van der Waals surface area contributed by atoms with E-state index >= 15 is 0 Å². The summed E-state index contributed by atoms with van der Waals surface area (Å²) >= 11 is 28.2. The molecule has 0 aliphatic heterocycles. The Morgan fingerprint density at radius 1 is 0.935 bits per heavy atom. The lowest BCUT2D eigenvalue weighted by Gasteiger charge is -2.16. The van der Waals surface area contributed by atoms with Crippen LogP contribution >= 0.6 is 62.3 Å². The van der Waals surface area contributed by atoms with Gasteiger partial charge in [0.15, 0.2) is 11.5 Å². The number of hydrogen-bond donors (Lipinski definition) is 1. The SMILES string of the molecule is COc1cc(CNCCc2ccc(Cl)cc2Cl)cc(Br)c1OCc1c(Cl)cccc1Cl. The van der Waals surface area contributed by atoms with Crippen molar-refractivity contribution in [1.82, 2.24) is 5.32 Å². The van der Waals surface area contributed by atoms with Crippen LogP contribution in [-0.4, -0.2) is 13.7 Å². The molecule has 0 atom stereocenters. The molecule has 0 saturated heterocycles. The normalized spacial score (nSPS) is 10.9. The van der Waals surface area contributed by atoms with Gasteiger partial charge in [0, 0.05) is 32.2 Å². The highest BCUT2D eigenvalue weighted by Gasteiger charge is 2.14. The second-order valence-corrected chi connectivity index (χ2v) is 9.27. The van der Waals surface area contributed by atoms with Crippen LogP contribution in [0.25, 0.3) is 0 Å². The van der Waals surface area contributed by atoms with Gasteiger partial charge in [0.25, 0.3) is 0 Å². The van der Waals surface area contributed by atoms with Gasteiger partial charge >= 0.3 is 0 Å². The largest absolute Gasteiger partial charge is 0.493 e. The van der Waals surface area contributed by atoms with E-state index in [4.69, 9.17) is 55.9 Å². The molecule has 1 N–H and O–H groups in total. The minimum atomic E-state index is 0.229. The van der Waals surface area contributed by atoms with Crippen molar-refractivity contribution in [3.05, 3.63) is 89.8 Å². The molecule has 0 spiro atoms. The molecular formula is C23H20BrCl4NO2. The van der Waals surface area contributed by atoms with Crippen LogP contribution < -0.4 is 14.8 Å². The molecular weight excluding hydrogens is 544 g/mol. The average molecular weight is 564 g/mol. The molecule has 3 rings (SSSR count). The number of nitrogens with one attached hydrogen (secondary N) is 1. The third-order valence-corrected chi connectivity index (χ3v) is 6.51. The number of ether oxygens (including phenoxy) is 2. The van der Waals surface area contributed by atoms with Crippen LogP contribution in [-0.2, 0) is 19.6 Å². The smallest absolute Gasteiger partial charge is 0.175 e. The van der Waals surface area contributed by atoms with Crippen LogP contribution in [0.2, 0.25) is 20.1 Å². The lowest BCUT2D eigenvalue weighted by molar-refractivity contribution is 0.282. The summed E-state index contributed by atoms with van der Waals surface area (Å²) in [6, 6.07) is 14.9. The molecule has 3 nitrogen and oxygen atoms in total. The van der Waals surface area contributed by atoms with Crippen LogP contribution in [0.15, 0.2) is 53.0 Å². The molecule has 3 aromatic rings. The van der Waals surface area contributed by atoms with E-state index in [1.807, 2.05) is 24.3 Å². The Hall–Kier alpha value is -1.14. The standard InChI is InChI=1S/C23H20BrCl4NO2/c1-30-22-10-14(12-29-8-7-15-5-6-16(25)11-21(15)28)9-18(24)23(22)31-13-17-19(26)3-2-4-20(17)27/h2-6,9-11,29H,7-8,12-13H2,1H3. The maximum absolute atomic E-state index is 6.24. The van der Waals surface area contributed by atoms with Gasteiger partial charge in [0.1, 0.15) is 6.61 Å². The third kappa shape index (κ3) is 6.67. The van der Waals surface area contributed by atoms with Crippen molar-refractivity contribution < 1.29 is 9.47 Å². The predicted molar refractivity (Wildman–Crippen MR) is 133 cm³/mol. The second-order valence-electron chi connectivity index (χ2n) is 6.76. The molecule has 164 valence electrons. The zero-order chi connectivity index (χ0) is 22.4. The quantitative estimate of drug-likeness (QED) is 0.268. The fraction of sp³-hybridized carbons (Fsp3) is 0.217. The Morgan fingerprint density at radius 2 is 1.68 bits per heavy atom. The minimum absolute atomic E-state index is 0.229. The zero-order valence-corrected chi connectivity index (χ0v) is 21.3. The Balaban J connectivity index is 1.62. The van der Waals surface area contributed by atoms with Crippen LogP contribution in [0.5, 0.6) is 11.5 Å². The topological polar surface area (TPSA) is 30.5 Å². The Labute approximate surface area is 210 Å². The van der Waals surface area contributed by atoms with Gasteiger partial charge in [-0.25, -0.2) is 0 Å². The van der Waals surface area contributed by atoms with E-state index in [1.54, 1.807) is 31.4 Å². The summed E-state index contributed by atoms with van der Waals surface area (Å²) in [7, 11) is 1.61. The molecule has 0 heterocycles. The van der Waals surface area contributed by atoms with Crippen molar-refractivity contribution in [2.24, 2.45) is 0 Å². The van der Waals surface area contributed by atoms with Gasteiger partial charge < -0.3 is 14.8 Å². The van der Waals surface area contributed by atoms with Gasteiger partial charge in [-0.2, -0.15) is 0 Å². The number of halogens is 5. The molecule has 0 aromatic heterocycles. The maximum atomic E-state index is 6.24. The Kier molecular flexibility index (Phi) is 9.20. The number of benzene rings is 3. The highest BCUT2D eigenvalue weighted by Crippen LogP contribution is 2.38. The second kappa shape index (κ2) is 11.6. The molecule has 0 aliphatic carbocycles. The van der Waals surface area contributed by atoms with Gasteiger partial charge in [-0.3, -0.25) is 0 Å². The van der Waals surface area contributed by atoms with Crippen LogP contribution in [0.1, 0.15) is 16.7 Å². The van der Waals surface area contributed by atoms with E-state index in [1.165, 1.54) is 0 Å². The Bertz CT molecular complexity index is 1040. The van der Waals surface area contributed by atoms with Gasteiger partial charge in [-0.15, -0.1) is 0 Å². The van der Waals surface area contributed by atoms with Gasteiger partial charge in [0.2, 0.25) is 0 Å². The lowest BCUT2D eigenvalue weighted by atomic mass is 10.1. The number of rotatable bonds is 9. The summed E-state index contributed by atoms with van der Waals surface area (Å²) < 4.78 is 12.3. The monoisotopic (exact) mass is 561 g/mol. The van der Waals surface area contributed by atoms with Crippen molar-refractivity contribution >= 4 is 62.3 Å². The highest BCUT2D eigenvalue weighted by molar-refractivity contribution is 9.10. The number of hydrogen-bond acceptors (Lipinski definition) is 3. The molecule has 0 aliphatic rings. The van der Waals surface area contributed by atoms with Crippen LogP contribution in [0.4, 0.5) is 0 Å². The van der Waals surface area contributed by atoms with E-state index < -0.39 is 0 Å². The van der Waals surface area contributed by atoms with Crippen LogP contribution in [0, 0.1) is 0 Å². The first kappa shape index (κ1) is 24.5. The van der Waals surface area contributed by atoms with E-state index in [0.29, 0.717) is 38.1 Å². The van der Waals surface area contributed by atoms with Gasteiger partial charge in [-0.1, -0.05) is 58.5 Å². The molecule has 0 amide bonds. The predicted octanol–water partition coefficient (Wildman–Crippen LogP) is 7.98. The molecule has 31 heavy (non-hydrogen) atoms. The third-order valence-electron chi connectivity index (χ3n) is 4.63. The number of methoxy groups -OCH3 is 1. The van der Waals surface area contributed by atoms with E-state index in [0.717, 1.165) is 34.1 Å². The summed E-state index contributed by atoms with van der Waals surface area (Å²) in [6.07, 6.45) is 0.800. The molecule has 0 bridgehead atoms. The van der Waals surface area contributed by atoms with E-state index in [2.05, 4.69) is 21.2 Å². The molecule has 8 heteroatoms. The molecule has 0 fully saturated rings. The van der Waals surface area contributed by atoms with E-state index in [-0.39, 0.29) is 6.61 Å². The first-order valence-corrected chi connectivity index (χ1v) is 11.8. The maximum Gasteiger partial charge on any atom is 0.175 e. The first-order chi connectivity index (χ1) is 14.9. The molecule has 0 radical (unpaired) electrons. The summed E-state index contributed by atoms with van der Waals surface area (Å²) in [6.45, 7) is 1.66. The summed E-state index contributed by atoms with van der Waals surface area (Å²) in [5, 5.41) is 5.85. The summed E-state index contributed by atoms with van der Waals surface area (Å²) in [5.41, 5.74) is 2.83. The molecule has 3 aromatic carbocycles. The lowest BCUT2D eigenvalue weighted by Crippen LogP contribution is -2.17. The van der Waals surface area contributed by atoms with Crippen LogP contribution in [0.3, 0.4) is 0 Å². The zero-order valence-electron chi connectivity index (χ0n) is 16.7. The fourth-order valence-corrected chi connectivity index (χ4v) is 4.62. The summed E-state index contributed by atoms with van der Waals surface area (Å²) in [4.78, 5) is 0. The van der Waals surface area contributed by atoms with Crippen molar-refractivity contribution in [1.29, 1.82) is 0 Å². The average Bonchev–Trinajstić information content (AvgIpc) is 2.73. The van der Waals surface area contributed by atoms with Gasteiger partial charge in [0.05, 0.1) is 11.6 Å². The highest BCUT2D eigenvalue weighted by atomic mass is 79.9. The van der Waals surface area contributed by atoms with Crippen molar-refractivity contribution in [2.45, 2.75) is 19.6 Å². The minimum Gasteiger partial charge on any atom is -0.493 e. The Morgan fingerprint density at radius 3 is 2.35 bits per heavy atom. The van der Waals surface area contributed by atoms with Crippen molar-refractivity contribution in [2.75, 3.05) is 13.7 Å². The van der Waals surface area contributed by atoms with Crippen molar-refractivity contribution in [3.63, 3.8) is 0 Å². The van der Waals surface area contributed by atoms with E-state index in [9.17, 15) is 0 Å². The molecule has 0 unspecified atom stereocenters. The van der Waals surface area contributed by atoms with Gasteiger partial charge in [-0.05, 0) is 76.4 Å². The fourth-order valence-electron chi connectivity index (χ4n) is 3.01. The summed E-state index contributed by atoms with van der Waals surface area (Å²) in [5.74, 6) is 1.21.